The minimum atomic E-state index is -0.283. The second-order valence-corrected chi connectivity index (χ2v) is 5.35. The molecule has 0 saturated carbocycles. The van der Waals surface area contributed by atoms with Crippen LogP contribution in [0.3, 0.4) is 0 Å². The second-order valence-electron chi connectivity index (χ2n) is 2.82. The van der Waals surface area contributed by atoms with Crippen LogP contribution in [-0.4, -0.2) is 11.0 Å². The van der Waals surface area contributed by atoms with Gasteiger partial charge in [0, 0.05) is 4.47 Å². The molecule has 0 radical (unpaired) electrons. The Balaban J connectivity index is 2.90. The fourth-order valence-corrected chi connectivity index (χ4v) is 2.68. The minimum absolute atomic E-state index is 0.283. The van der Waals surface area contributed by atoms with E-state index >= 15 is 0 Å². The van der Waals surface area contributed by atoms with Gasteiger partial charge in [0.15, 0.2) is 0 Å². The van der Waals surface area contributed by atoms with E-state index in [1.807, 2.05) is 19.9 Å². The molecule has 0 N–H and O–H groups in total. The molecule has 0 aromatic heterocycles. The molecule has 0 aliphatic rings. The number of benzene rings is 1. The molecule has 0 amide bonds. The zero-order valence-corrected chi connectivity index (χ0v) is 11.6. The van der Waals surface area contributed by atoms with Gasteiger partial charge in [-0.15, -0.1) is 0 Å². The fourth-order valence-electron chi connectivity index (χ4n) is 1.05. The van der Waals surface area contributed by atoms with E-state index in [1.54, 1.807) is 0 Å². The highest BCUT2D eigenvalue weighted by Crippen LogP contribution is 2.30. The van der Waals surface area contributed by atoms with E-state index in [2.05, 4.69) is 15.9 Å². The van der Waals surface area contributed by atoms with Crippen LogP contribution >= 0.6 is 39.9 Å². The lowest BCUT2D eigenvalue weighted by Gasteiger charge is -2.08. The van der Waals surface area contributed by atoms with Gasteiger partial charge in [-0.1, -0.05) is 15.9 Å². The SMILES string of the molecule is CCOC(=S)Sc1c(C)cc(Br)cc1F. The van der Waals surface area contributed by atoms with Gasteiger partial charge in [-0.25, -0.2) is 4.39 Å². The summed E-state index contributed by atoms with van der Waals surface area (Å²) in [5, 5.41) is 0. The maximum atomic E-state index is 13.5. The lowest BCUT2D eigenvalue weighted by molar-refractivity contribution is 0.346. The number of thioether (sulfide) groups is 1. The maximum Gasteiger partial charge on any atom is 0.224 e. The van der Waals surface area contributed by atoms with Gasteiger partial charge in [0.1, 0.15) is 5.82 Å². The molecule has 15 heavy (non-hydrogen) atoms. The Bertz CT molecular complexity index is 359. The molecule has 0 aliphatic heterocycles. The molecule has 0 bridgehead atoms. The van der Waals surface area contributed by atoms with Gasteiger partial charge in [-0.3, -0.25) is 0 Å². The first kappa shape index (κ1) is 12.9. The Morgan fingerprint density at radius 3 is 2.80 bits per heavy atom. The van der Waals surface area contributed by atoms with Crippen molar-refractivity contribution in [1.29, 1.82) is 0 Å². The third kappa shape index (κ3) is 3.74. The van der Waals surface area contributed by atoms with Crippen molar-refractivity contribution in [2.45, 2.75) is 18.7 Å². The topological polar surface area (TPSA) is 9.23 Å². The van der Waals surface area contributed by atoms with Crippen molar-refractivity contribution < 1.29 is 9.13 Å². The summed E-state index contributed by atoms with van der Waals surface area (Å²) in [5.41, 5.74) is 0.842. The zero-order chi connectivity index (χ0) is 11.4. The van der Waals surface area contributed by atoms with Crippen LogP contribution < -0.4 is 0 Å². The monoisotopic (exact) mass is 308 g/mol. The summed E-state index contributed by atoms with van der Waals surface area (Å²) in [7, 11) is 0. The maximum absolute atomic E-state index is 13.5. The van der Waals surface area contributed by atoms with E-state index < -0.39 is 0 Å². The summed E-state index contributed by atoms with van der Waals surface area (Å²) in [4.78, 5) is 0.525. The Hall–Kier alpha value is -0.130. The molecule has 0 saturated heterocycles. The Labute approximate surface area is 107 Å². The van der Waals surface area contributed by atoms with E-state index in [4.69, 9.17) is 17.0 Å². The summed E-state index contributed by atoms with van der Waals surface area (Å²) in [6.07, 6.45) is 0. The fraction of sp³-hybridized carbons (Fsp3) is 0.300. The number of hydrogen-bond acceptors (Lipinski definition) is 3. The van der Waals surface area contributed by atoms with Crippen LogP contribution in [0.2, 0.25) is 0 Å². The summed E-state index contributed by atoms with van der Waals surface area (Å²) in [5.74, 6) is -0.283. The van der Waals surface area contributed by atoms with Gasteiger partial charge >= 0.3 is 0 Å². The van der Waals surface area contributed by atoms with Gasteiger partial charge in [0.05, 0.1) is 11.5 Å². The molecule has 1 aromatic carbocycles. The highest BCUT2D eigenvalue weighted by atomic mass is 79.9. The predicted molar refractivity (Wildman–Crippen MR) is 68.9 cm³/mol. The van der Waals surface area contributed by atoms with Crippen molar-refractivity contribution in [3.05, 3.63) is 28.0 Å². The van der Waals surface area contributed by atoms with Crippen LogP contribution in [0.25, 0.3) is 0 Å². The first-order valence-electron chi connectivity index (χ1n) is 4.34. The number of ether oxygens (including phenoxy) is 1. The van der Waals surface area contributed by atoms with Gasteiger partial charge < -0.3 is 4.74 Å². The lowest BCUT2D eigenvalue weighted by Crippen LogP contribution is -1.97. The highest BCUT2D eigenvalue weighted by molar-refractivity contribution is 9.10. The molecule has 0 unspecified atom stereocenters. The molecule has 0 spiro atoms. The molecule has 0 fully saturated rings. The van der Waals surface area contributed by atoms with Crippen molar-refractivity contribution in [3.8, 4) is 0 Å². The van der Waals surface area contributed by atoms with Crippen LogP contribution in [-0.2, 0) is 4.74 Å². The number of thiocarbonyl (C=S) groups is 1. The van der Waals surface area contributed by atoms with Crippen molar-refractivity contribution in [2.75, 3.05) is 6.61 Å². The average Bonchev–Trinajstić information content (AvgIpc) is 2.11. The molecular formula is C10H10BrFOS2. The number of rotatable bonds is 2. The lowest BCUT2D eigenvalue weighted by atomic mass is 10.2. The molecule has 82 valence electrons. The van der Waals surface area contributed by atoms with Crippen molar-refractivity contribution >= 4 is 44.3 Å². The quantitative estimate of drug-likeness (QED) is 0.595. The number of hydrogen-bond donors (Lipinski definition) is 0. The average molecular weight is 309 g/mol. The second kappa shape index (κ2) is 5.82. The van der Waals surface area contributed by atoms with Crippen molar-refractivity contribution in [1.82, 2.24) is 0 Å². The standard InChI is InChI=1S/C10H10BrFOS2/c1-3-13-10(14)15-9-6(2)4-7(11)5-8(9)12/h4-5H,3H2,1-2H3. The van der Waals surface area contributed by atoms with E-state index in [-0.39, 0.29) is 5.82 Å². The molecule has 1 rings (SSSR count). The normalized spacial score (nSPS) is 10.1. The van der Waals surface area contributed by atoms with Crippen LogP contribution in [0.15, 0.2) is 21.5 Å². The van der Waals surface area contributed by atoms with Crippen molar-refractivity contribution in [3.63, 3.8) is 0 Å². The van der Waals surface area contributed by atoms with E-state index in [1.165, 1.54) is 6.07 Å². The first-order valence-corrected chi connectivity index (χ1v) is 6.36. The molecule has 1 nitrogen and oxygen atoms in total. The van der Waals surface area contributed by atoms with Crippen molar-refractivity contribution in [2.24, 2.45) is 0 Å². The Kier molecular flexibility index (Phi) is 5.02. The molecular weight excluding hydrogens is 299 g/mol. The summed E-state index contributed by atoms with van der Waals surface area (Å²) in [6, 6.07) is 3.27. The third-order valence-electron chi connectivity index (χ3n) is 1.64. The van der Waals surface area contributed by atoms with Crippen LogP contribution in [0.4, 0.5) is 4.39 Å². The molecule has 0 aliphatic carbocycles. The number of aryl methyl sites for hydroxylation is 1. The molecule has 5 heteroatoms. The smallest absolute Gasteiger partial charge is 0.224 e. The summed E-state index contributed by atoms with van der Waals surface area (Å²) < 4.78 is 19.7. The zero-order valence-electron chi connectivity index (χ0n) is 8.34. The first-order chi connectivity index (χ1) is 7.04. The van der Waals surface area contributed by atoms with Crippen LogP contribution in [0.5, 0.6) is 0 Å². The van der Waals surface area contributed by atoms with E-state index in [9.17, 15) is 4.39 Å². The highest BCUT2D eigenvalue weighted by Gasteiger charge is 2.11. The minimum Gasteiger partial charge on any atom is -0.479 e. The van der Waals surface area contributed by atoms with Crippen LogP contribution in [0, 0.1) is 12.7 Å². The van der Waals surface area contributed by atoms with Gasteiger partial charge in [-0.2, -0.15) is 0 Å². The van der Waals surface area contributed by atoms with Gasteiger partial charge in [0.2, 0.25) is 4.38 Å². The Morgan fingerprint density at radius 1 is 1.60 bits per heavy atom. The molecule has 0 atom stereocenters. The Morgan fingerprint density at radius 2 is 2.27 bits per heavy atom. The van der Waals surface area contributed by atoms with Gasteiger partial charge in [-0.05, 0) is 55.5 Å². The molecule has 0 heterocycles. The largest absolute Gasteiger partial charge is 0.479 e. The molecule has 1 aromatic rings. The van der Waals surface area contributed by atoms with Gasteiger partial charge in [0.25, 0.3) is 0 Å². The van der Waals surface area contributed by atoms with Crippen LogP contribution in [0.1, 0.15) is 12.5 Å². The third-order valence-corrected chi connectivity index (χ3v) is 3.47. The summed E-state index contributed by atoms with van der Waals surface area (Å²) >= 11 is 9.32. The summed E-state index contributed by atoms with van der Waals surface area (Å²) in [6.45, 7) is 4.19. The number of halogens is 2. The van der Waals surface area contributed by atoms with E-state index in [0.29, 0.717) is 15.9 Å². The predicted octanol–water partition coefficient (Wildman–Crippen LogP) is 4.31. The van der Waals surface area contributed by atoms with E-state index in [0.717, 1.165) is 21.8 Å².